The Morgan fingerprint density at radius 2 is 1.61 bits per heavy atom. The smallest absolute Gasteiger partial charge is 0.266 e. The first kappa shape index (κ1) is 15.4. The number of hydrogen-bond acceptors (Lipinski definition) is 2. The second-order valence-corrected chi connectivity index (χ2v) is 5.72. The van der Waals surface area contributed by atoms with E-state index in [0.717, 1.165) is 5.56 Å². The lowest BCUT2D eigenvalue weighted by Crippen LogP contribution is -2.31. The number of hydrogen-bond donors (Lipinski definition) is 0. The van der Waals surface area contributed by atoms with Crippen LogP contribution in [0.2, 0.25) is 0 Å². The van der Waals surface area contributed by atoms with Crippen LogP contribution in [0, 0.1) is 12.7 Å². The van der Waals surface area contributed by atoms with Crippen LogP contribution < -0.4 is 4.90 Å². The van der Waals surface area contributed by atoms with Crippen LogP contribution >= 0.6 is 0 Å². The summed E-state index contributed by atoms with van der Waals surface area (Å²) >= 11 is 0. The quantitative estimate of drug-likeness (QED) is 0.802. The number of imide groups is 1. The minimum Gasteiger partial charge on any atom is -0.268 e. The molecule has 0 N–H and O–H groups in total. The molecule has 0 radical (unpaired) electrons. The van der Waals surface area contributed by atoms with Gasteiger partial charge >= 0.3 is 0 Å². The van der Waals surface area contributed by atoms with Gasteiger partial charge in [0.15, 0.2) is 0 Å². The van der Waals surface area contributed by atoms with E-state index in [-0.39, 0.29) is 17.6 Å². The first-order valence-corrected chi connectivity index (χ1v) is 7.79. The summed E-state index contributed by atoms with van der Waals surface area (Å²) in [6, 6.07) is 8.08. The number of carbonyl (C=O) groups excluding carboxylic acids is 2. The average Bonchev–Trinajstić information content (AvgIpc) is 2.79. The molecule has 0 bridgehead atoms. The van der Waals surface area contributed by atoms with Gasteiger partial charge in [0.2, 0.25) is 0 Å². The summed E-state index contributed by atoms with van der Waals surface area (Å²) in [7, 11) is 0. The average molecular weight is 311 g/mol. The molecule has 2 aromatic rings. The van der Waals surface area contributed by atoms with Crippen LogP contribution in [0.3, 0.4) is 0 Å². The van der Waals surface area contributed by atoms with Crippen molar-refractivity contribution >= 4 is 17.5 Å². The molecule has 23 heavy (non-hydrogen) atoms. The van der Waals surface area contributed by atoms with Gasteiger partial charge in [-0.05, 0) is 54.7 Å². The van der Waals surface area contributed by atoms with Gasteiger partial charge in [-0.15, -0.1) is 0 Å². The lowest BCUT2D eigenvalue weighted by Gasteiger charge is -2.21. The summed E-state index contributed by atoms with van der Waals surface area (Å²) in [4.78, 5) is 26.9. The molecule has 1 aliphatic heterocycles. The zero-order valence-electron chi connectivity index (χ0n) is 13.4. The predicted molar refractivity (Wildman–Crippen MR) is 87.5 cm³/mol. The fourth-order valence-electron chi connectivity index (χ4n) is 3.20. The van der Waals surface area contributed by atoms with Gasteiger partial charge in [-0.3, -0.25) is 9.59 Å². The number of rotatable bonds is 3. The molecule has 0 atom stereocenters. The van der Waals surface area contributed by atoms with Crippen molar-refractivity contribution in [2.45, 2.75) is 33.6 Å². The van der Waals surface area contributed by atoms with Gasteiger partial charge in [0.25, 0.3) is 11.8 Å². The molecule has 0 saturated heterocycles. The number of carbonyl (C=O) groups is 2. The SMILES string of the molecule is CCc1cc(F)cc(CC)c1N1C(=O)c2cccc(C)c2C1=O. The maximum absolute atomic E-state index is 13.8. The van der Waals surface area contributed by atoms with Crippen LogP contribution in [0.25, 0.3) is 0 Å². The van der Waals surface area contributed by atoms with Crippen molar-refractivity contribution in [2.24, 2.45) is 0 Å². The fraction of sp³-hybridized carbons (Fsp3) is 0.263. The largest absolute Gasteiger partial charge is 0.268 e. The van der Waals surface area contributed by atoms with Gasteiger partial charge in [0.05, 0.1) is 16.8 Å². The fourth-order valence-corrected chi connectivity index (χ4v) is 3.20. The van der Waals surface area contributed by atoms with E-state index < -0.39 is 0 Å². The molecule has 2 aromatic carbocycles. The van der Waals surface area contributed by atoms with Crippen LogP contribution in [-0.2, 0) is 12.8 Å². The first-order valence-electron chi connectivity index (χ1n) is 7.79. The predicted octanol–water partition coefficient (Wildman–Crippen LogP) is 4.06. The van der Waals surface area contributed by atoms with E-state index in [1.165, 1.54) is 17.0 Å². The van der Waals surface area contributed by atoms with Crippen molar-refractivity contribution in [1.82, 2.24) is 0 Å². The Kier molecular flexibility index (Phi) is 3.76. The Morgan fingerprint density at radius 1 is 1.00 bits per heavy atom. The van der Waals surface area contributed by atoms with Gasteiger partial charge in [0, 0.05) is 0 Å². The lowest BCUT2D eigenvalue weighted by atomic mass is 10.0. The van der Waals surface area contributed by atoms with E-state index >= 15 is 0 Å². The Labute approximate surface area is 134 Å². The topological polar surface area (TPSA) is 37.4 Å². The van der Waals surface area contributed by atoms with Crippen LogP contribution in [0.15, 0.2) is 30.3 Å². The maximum Gasteiger partial charge on any atom is 0.266 e. The summed E-state index contributed by atoms with van der Waals surface area (Å²) in [5.74, 6) is -0.987. The summed E-state index contributed by atoms with van der Waals surface area (Å²) in [6.07, 6.45) is 1.10. The highest BCUT2D eigenvalue weighted by molar-refractivity contribution is 6.35. The molecule has 0 aliphatic carbocycles. The Balaban J connectivity index is 2.24. The molecular weight excluding hydrogens is 293 g/mol. The molecular formula is C19H18FNO2. The Morgan fingerprint density at radius 3 is 2.13 bits per heavy atom. The van der Waals surface area contributed by atoms with Crippen molar-refractivity contribution < 1.29 is 14.0 Å². The van der Waals surface area contributed by atoms with Crippen molar-refractivity contribution in [1.29, 1.82) is 0 Å². The molecule has 2 amide bonds. The number of anilines is 1. The van der Waals surface area contributed by atoms with Crippen LogP contribution in [0.1, 0.15) is 51.3 Å². The molecule has 0 aromatic heterocycles. The van der Waals surface area contributed by atoms with E-state index in [4.69, 9.17) is 0 Å². The summed E-state index contributed by atoms with van der Waals surface area (Å²) in [5.41, 5.74) is 3.54. The van der Waals surface area contributed by atoms with E-state index in [9.17, 15) is 14.0 Å². The first-order chi connectivity index (χ1) is 11.0. The highest BCUT2D eigenvalue weighted by Gasteiger charge is 2.39. The van der Waals surface area contributed by atoms with Gasteiger partial charge in [0.1, 0.15) is 5.82 Å². The zero-order valence-corrected chi connectivity index (χ0v) is 13.4. The summed E-state index contributed by atoms with van der Waals surface area (Å²) in [5, 5.41) is 0. The number of nitrogens with zero attached hydrogens (tertiary/aromatic N) is 1. The molecule has 1 heterocycles. The number of amides is 2. The third-order valence-corrected chi connectivity index (χ3v) is 4.34. The van der Waals surface area contributed by atoms with Crippen molar-refractivity contribution in [3.63, 3.8) is 0 Å². The number of fused-ring (bicyclic) bond motifs is 1. The molecule has 3 rings (SSSR count). The van der Waals surface area contributed by atoms with E-state index in [1.807, 2.05) is 26.8 Å². The summed E-state index contributed by atoms with van der Waals surface area (Å²) in [6.45, 7) is 5.60. The van der Waals surface area contributed by atoms with E-state index in [2.05, 4.69) is 0 Å². The highest BCUT2D eigenvalue weighted by Crippen LogP contribution is 2.35. The number of halogens is 1. The minimum absolute atomic E-state index is 0.320. The Bertz CT molecular complexity index is 801. The zero-order chi connectivity index (χ0) is 16.7. The minimum atomic E-state index is -0.338. The summed E-state index contributed by atoms with van der Waals surface area (Å²) < 4.78 is 13.8. The van der Waals surface area contributed by atoms with Crippen molar-refractivity contribution in [2.75, 3.05) is 4.90 Å². The van der Waals surface area contributed by atoms with Gasteiger partial charge in [-0.1, -0.05) is 26.0 Å². The number of aryl methyl sites for hydroxylation is 3. The van der Waals surface area contributed by atoms with Gasteiger partial charge in [-0.25, -0.2) is 9.29 Å². The molecule has 3 nitrogen and oxygen atoms in total. The molecule has 0 saturated carbocycles. The van der Waals surface area contributed by atoms with Gasteiger partial charge < -0.3 is 0 Å². The van der Waals surface area contributed by atoms with Crippen LogP contribution in [0.4, 0.5) is 10.1 Å². The molecule has 4 heteroatoms. The maximum atomic E-state index is 13.8. The molecule has 1 aliphatic rings. The Hall–Kier alpha value is -2.49. The molecule has 118 valence electrons. The number of benzene rings is 2. The third kappa shape index (κ3) is 2.25. The molecule has 0 spiro atoms. The van der Waals surface area contributed by atoms with Crippen LogP contribution in [0.5, 0.6) is 0 Å². The van der Waals surface area contributed by atoms with Crippen molar-refractivity contribution in [3.8, 4) is 0 Å². The molecule has 0 unspecified atom stereocenters. The third-order valence-electron chi connectivity index (χ3n) is 4.34. The lowest BCUT2D eigenvalue weighted by molar-refractivity contribution is 0.0925. The normalized spacial score (nSPS) is 13.7. The highest BCUT2D eigenvalue weighted by atomic mass is 19.1. The van der Waals surface area contributed by atoms with Crippen molar-refractivity contribution in [3.05, 3.63) is 64.0 Å². The standard InChI is InChI=1S/C19H18FNO2/c1-4-12-9-14(20)10-13(5-2)17(12)21-18(22)15-8-6-7-11(3)16(15)19(21)23/h6-10H,4-5H2,1-3H3. The van der Waals surface area contributed by atoms with E-state index in [1.54, 1.807) is 12.1 Å². The van der Waals surface area contributed by atoms with Crippen LogP contribution in [-0.4, -0.2) is 11.8 Å². The van der Waals surface area contributed by atoms with Gasteiger partial charge in [-0.2, -0.15) is 0 Å². The second-order valence-electron chi connectivity index (χ2n) is 5.72. The molecule has 0 fully saturated rings. The monoisotopic (exact) mass is 311 g/mol. The second kappa shape index (κ2) is 5.61. The van der Waals surface area contributed by atoms with E-state index in [0.29, 0.717) is 40.8 Å².